The molecule has 2 rings (SSSR count). The Hall–Kier alpha value is -2.56. The fraction of sp³-hybridized carbons (Fsp3) is 0.455. The number of hydrogen-bond acceptors (Lipinski definition) is 2. The molecule has 0 radical (unpaired) electrons. The second-order valence-corrected chi connectivity index (χ2v) is 7.74. The van der Waals surface area contributed by atoms with Crippen LogP contribution in [0.4, 0.5) is 0 Å². The van der Waals surface area contributed by atoms with Gasteiger partial charge >= 0.3 is 0 Å². The van der Waals surface area contributed by atoms with Gasteiger partial charge in [0.1, 0.15) is 0 Å². The summed E-state index contributed by atoms with van der Waals surface area (Å²) in [5.41, 5.74) is 0.831. The van der Waals surface area contributed by atoms with Crippen LogP contribution in [0.15, 0.2) is 47.5 Å². The first-order valence-electron chi connectivity index (χ1n) is 9.63. The predicted octanol–water partition coefficient (Wildman–Crippen LogP) is 3.62. The third-order valence-corrected chi connectivity index (χ3v) is 4.32. The fourth-order valence-corrected chi connectivity index (χ4v) is 2.69. The van der Waals surface area contributed by atoms with Crippen LogP contribution in [0.3, 0.4) is 0 Å². The minimum absolute atomic E-state index is 0.0418. The van der Waals surface area contributed by atoms with Crippen molar-refractivity contribution in [3.63, 3.8) is 0 Å². The third kappa shape index (κ3) is 6.27. The largest absolute Gasteiger partial charge is 0.357 e. The van der Waals surface area contributed by atoms with Crippen molar-refractivity contribution in [1.29, 1.82) is 0 Å². The molecule has 3 N–H and O–H groups in total. The Balaban J connectivity index is 1.97. The van der Waals surface area contributed by atoms with Gasteiger partial charge in [0.15, 0.2) is 5.96 Å². The maximum atomic E-state index is 11.9. The van der Waals surface area contributed by atoms with Crippen molar-refractivity contribution in [1.82, 2.24) is 16.0 Å². The van der Waals surface area contributed by atoms with Crippen molar-refractivity contribution in [3.8, 4) is 0 Å². The first-order chi connectivity index (χ1) is 12.8. The highest BCUT2D eigenvalue weighted by molar-refractivity contribution is 5.84. The zero-order valence-corrected chi connectivity index (χ0v) is 17.1. The molecule has 0 heterocycles. The lowest BCUT2D eigenvalue weighted by atomic mass is 9.96. The zero-order chi connectivity index (χ0) is 19.9. The van der Waals surface area contributed by atoms with Crippen molar-refractivity contribution < 1.29 is 4.79 Å². The van der Waals surface area contributed by atoms with Gasteiger partial charge in [-0.3, -0.25) is 9.79 Å². The van der Waals surface area contributed by atoms with Crippen molar-refractivity contribution >= 4 is 22.6 Å². The number of hydrogen-bond donors (Lipinski definition) is 3. The van der Waals surface area contributed by atoms with E-state index < -0.39 is 0 Å². The summed E-state index contributed by atoms with van der Waals surface area (Å²) in [7, 11) is 0. The molecule has 0 aliphatic rings. The highest BCUT2D eigenvalue weighted by Crippen LogP contribution is 2.20. The van der Waals surface area contributed by atoms with Gasteiger partial charge in [0.05, 0.1) is 12.6 Å². The van der Waals surface area contributed by atoms with Crippen LogP contribution < -0.4 is 16.0 Å². The van der Waals surface area contributed by atoms with E-state index in [9.17, 15) is 4.79 Å². The van der Waals surface area contributed by atoms with Gasteiger partial charge in [0, 0.05) is 18.5 Å². The monoisotopic (exact) mass is 368 g/mol. The normalized spacial score (nSPS) is 13.3. The summed E-state index contributed by atoms with van der Waals surface area (Å²) < 4.78 is 0. The average Bonchev–Trinajstić information content (AvgIpc) is 2.63. The van der Waals surface area contributed by atoms with Crippen LogP contribution in [0.5, 0.6) is 0 Å². The second kappa shape index (κ2) is 9.40. The summed E-state index contributed by atoms with van der Waals surface area (Å²) in [6.45, 7) is 11.7. The number of amides is 1. The Kier molecular flexibility index (Phi) is 7.22. The summed E-state index contributed by atoms with van der Waals surface area (Å²) >= 11 is 0. The number of rotatable bonds is 6. The molecule has 0 fully saturated rings. The summed E-state index contributed by atoms with van der Waals surface area (Å²) in [5.74, 6) is 0.795. The van der Waals surface area contributed by atoms with E-state index >= 15 is 0 Å². The van der Waals surface area contributed by atoms with Gasteiger partial charge in [-0.1, -0.05) is 57.2 Å². The summed E-state index contributed by atoms with van der Waals surface area (Å²) in [5, 5.41) is 12.1. The third-order valence-electron chi connectivity index (χ3n) is 4.32. The van der Waals surface area contributed by atoms with Gasteiger partial charge in [-0.25, -0.2) is 0 Å². The lowest BCUT2D eigenvalue weighted by molar-refractivity contribution is -0.128. The zero-order valence-electron chi connectivity index (χ0n) is 17.1. The van der Waals surface area contributed by atoms with Gasteiger partial charge in [-0.15, -0.1) is 0 Å². The predicted molar refractivity (Wildman–Crippen MR) is 114 cm³/mol. The number of aliphatic imine (C=N–C) groups is 1. The molecule has 0 aliphatic heterocycles. The second-order valence-electron chi connectivity index (χ2n) is 7.74. The molecule has 0 saturated heterocycles. The van der Waals surface area contributed by atoms with Gasteiger partial charge in [-0.2, -0.15) is 0 Å². The van der Waals surface area contributed by atoms with Crippen molar-refractivity contribution in [2.45, 2.75) is 40.7 Å². The van der Waals surface area contributed by atoms with E-state index in [1.165, 1.54) is 16.3 Å². The molecule has 1 unspecified atom stereocenters. The SMILES string of the molecule is CCNC(=NCCNC(=O)C(C)(C)C)NC(C)c1ccc2ccccc2c1. The number of fused-ring (bicyclic) bond motifs is 1. The standard InChI is InChI=1S/C22H32N4O/c1-6-23-21(25-14-13-24-20(27)22(3,4)5)26-16(2)18-12-11-17-9-7-8-10-19(17)15-18/h7-12,15-16H,6,13-14H2,1-5H3,(H,24,27)(H2,23,25,26). The molecule has 27 heavy (non-hydrogen) atoms. The summed E-state index contributed by atoms with van der Waals surface area (Å²) in [4.78, 5) is 16.5. The van der Waals surface area contributed by atoms with Crippen LogP contribution in [-0.4, -0.2) is 31.5 Å². The maximum Gasteiger partial charge on any atom is 0.225 e. The van der Waals surface area contributed by atoms with Gasteiger partial charge < -0.3 is 16.0 Å². The quantitative estimate of drug-likeness (QED) is 0.414. The van der Waals surface area contributed by atoms with Crippen LogP contribution in [-0.2, 0) is 4.79 Å². The highest BCUT2D eigenvalue weighted by Gasteiger charge is 2.20. The van der Waals surface area contributed by atoms with E-state index in [2.05, 4.69) is 70.3 Å². The molecule has 0 aliphatic carbocycles. The fourth-order valence-electron chi connectivity index (χ4n) is 2.69. The van der Waals surface area contributed by atoms with Gasteiger partial charge in [0.25, 0.3) is 0 Å². The Bertz CT molecular complexity index is 792. The molecule has 2 aromatic carbocycles. The van der Waals surface area contributed by atoms with E-state index in [0.29, 0.717) is 13.1 Å². The number of benzene rings is 2. The molecule has 1 atom stereocenters. The van der Waals surface area contributed by atoms with E-state index in [1.807, 2.05) is 27.7 Å². The first kappa shape index (κ1) is 20.7. The topological polar surface area (TPSA) is 65.5 Å². The molecule has 0 spiro atoms. The van der Waals surface area contributed by atoms with Gasteiger partial charge in [-0.05, 0) is 36.2 Å². The minimum atomic E-state index is -0.378. The van der Waals surface area contributed by atoms with Crippen LogP contribution in [0.2, 0.25) is 0 Å². The van der Waals surface area contributed by atoms with Crippen molar-refractivity contribution in [3.05, 3.63) is 48.0 Å². The number of carbonyl (C=O) groups is 1. The Morgan fingerprint density at radius 1 is 1.07 bits per heavy atom. The van der Waals surface area contributed by atoms with Crippen molar-refractivity contribution in [2.24, 2.45) is 10.4 Å². The molecule has 0 saturated carbocycles. The van der Waals surface area contributed by atoms with Crippen LogP contribution in [0, 0.1) is 5.41 Å². The molecule has 5 nitrogen and oxygen atoms in total. The lowest BCUT2D eigenvalue weighted by Gasteiger charge is -2.19. The molecular formula is C22H32N4O. The molecule has 0 aromatic heterocycles. The molecule has 146 valence electrons. The Morgan fingerprint density at radius 2 is 1.78 bits per heavy atom. The molecule has 2 aromatic rings. The summed E-state index contributed by atoms with van der Waals surface area (Å²) in [6.07, 6.45) is 0. The number of nitrogens with one attached hydrogen (secondary N) is 3. The van der Waals surface area contributed by atoms with E-state index in [-0.39, 0.29) is 17.4 Å². The molecular weight excluding hydrogens is 336 g/mol. The first-order valence-corrected chi connectivity index (χ1v) is 9.63. The summed E-state index contributed by atoms with van der Waals surface area (Å²) in [6, 6.07) is 15.0. The average molecular weight is 369 g/mol. The molecule has 1 amide bonds. The van der Waals surface area contributed by atoms with E-state index in [0.717, 1.165) is 12.5 Å². The smallest absolute Gasteiger partial charge is 0.225 e. The maximum absolute atomic E-state index is 11.9. The van der Waals surface area contributed by atoms with Gasteiger partial charge in [0.2, 0.25) is 5.91 Å². The molecule has 0 bridgehead atoms. The Morgan fingerprint density at radius 3 is 2.44 bits per heavy atom. The highest BCUT2D eigenvalue weighted by atomic mass is 16.2. The van der Waals surface area contributed by atoms with E-state index in [4.69, 9.17) is 0 Å². The van der Waals surface area contributed by atoms with Crippen LogP contribution >= 0.6 is 0 Å². The Labute approximate surface area is 162 Å². The molecule has 5 heteroatoms. The van der Waals surface area contributed by atoms with Crippen LogP contribution in [0.1, 0.15) is 46.2 Å². The van der Waals surface area contributed by atoms with E-state index in [1.54, 1.807) is 0 Å². The minimum Gasteiger partial charge on any atom is -0.357 e. The van der Waals surface area contributed by atoms with Crippen molar-refractivity contribution in [2.75, 3.05) is 19.6 Å². The lowest BCUT2D eigenvalue weighted by Crippen LogP contribution is -2.40. The number of guanidine groups is 1. The number of carbonyl (C=O) groups excluding carboxylic acids is 1. The van der Waals surface area contributed by atoms with Crippen LogP contribution in [0.25, 0.3) is 10.8 Å². The number of nitrogens with zero attached hydrogens (tertiary/aromatic N) is 1.